The van der Waals surface area contributed by atoms with Crippen molar-refractivity contribution in [3.63, 3.8) is 0 Å². The molecule has 0 radical (unpaired) electrons. The van der Waals surface area contributed by atoms with Crippen molar-refractivity contribution in [2.45, 2.75) is 26.7 Å². The number of hydrogen-bond donors (Lipinski definition) is 1. The number of ketones is 1. The van der Waals surface area contributed by atoms with Crippen LogP contribution in [-0.2, 0) is 11.2 Å². The maximum absolute atomic E-state index is 11.0. The highest BCUT2D eigenvalue weighted by Gasteiger charge is 2.12. The quantitative estimate of drug-likeness (QED) is 0.853. The summed E-state index contributed by atoms with van der Waals surface area (Å²) in [6.07, 6.45) is 4.89. The van der Waals surface area contributed by atoms with Gasteiger partial charge in [0.2, 0.25) is 0 Å². The van der Waals surface area contributed by atoms with Gasteiger partial charge in [-0.05, 0) is 32.4 Å². The normalized spacial score (nSPS) is 16.1. The second-order valence-corrected chi connectivity index (χ2v) is 4.46. The number of Topliss-reactive ketones (excluding diaryl/α,β-unsaturated/α-hetero) is 1. The highest BCUT2D eigenvalue weighted by molar-refractivity contribution is 5.77. The first-order valence-corrected chi connectivity index (χ1v) is 5.87. The van der Waals surface area contributed by atoms with Crippen LogP contribution in [0.5, 0.6) is 0 Å². The second kappa shape index (κ2) is 5.19. The van der Waals surface area contributed by atoms with Crippen LogP contribution in [0.15, 0.2) is 18.0 Å². The van der Waals surface area contributed by atoms with E-state index in [4.69, 9.17) is 0 Å². The Labute approximate surface area is 101 Å². The van der Waals surface area contributed by atoms with Crippen LogP contribution in [0.1, 0.15) is 31.7 Å². The number of nitrogens with zero attached hydrogens (tertiary/aromatic N) is 2. The van der Waals surface area contributed by atoms with Crippen molar-refractivity contribution in [1.29, 1.82) is 0 Å². The lowest BCUT2D eigenvalue weighted by Crippen LogP contribution is -2.24. The summed E-state index contributed by atoms with van der Waals surface area (Å²) in [5.41, 5.74) is 4.26. The highest BCUT2D eigenvalue weighted by Crippen LogP contribution is 2.20. The van der Waals surface area contributed by atoms with Crippen molar-refractivity contribution < 1.29 is 4.79 Å². The predicted molar refractivity (Wildman–Crippen MR) is 66.5 cm³/mol. The number of carbonyl (C=O) groups is 1. The van der Waals surface area contributed by atoms with Crippen molar-refractivity contribution in [2.24, 2.45) is 0 Å². The molecule has 0 fully saturated rings. The van der Waals surface area contributed by atoms with E-state index in [1.165, 1.54) is 11.1 Å². The Balaban J connectivity index is 2.20. The molecule has 2 rings (SSSR count). The minimum Gasteiger partial charge on any atom is -0.312 e. The van der Waals surface area contributed by atoms with Gasteiger partial charge in [0.05, 0.1) is 17.6 Å². The molecule has 0 atom stereocenters. The summed E-state index contributed by atoms with van der Waals surface area (Å²) >= 11 is 0. The van der Waals surface area contributed by atoms with Crippen molar-refractivity contribution in [3.05, 3.63) is 29.4 Å². The van der Waals surface area contributed by atoms with Gasteiger partial charge in [0.25, 0.3) is 0 Å². The van der Waals surface area contributed by atoms with Crippen molar-refractivity contribution in [1.82, 2.24) is 15.3 Å². The highest BCUT2D eigenvalue weighted by atomic mass is 16.1. The molecule has 0 aliphatic carbocycles. The lowest BCUT2D eigenvalue weighted by molar-refractivity contribution is -0.116. The molecule has 1 aliphatic rings. The molecule has 0 aromatic carbocycles. The molecule has 4 nitrogen and oxygen atoms in total. The van der Waals surface area contributed by atoms with E-state index in [0.717, 1.165) is 30.9 Å². The number of carbonyl (C=O) groups excluding carboxylic acids is 1. The van der Waals surface area contributed by atoms with Crippen LogP contribution in [0, 0.1) is 0 Å². The van der Waals surface area contributed by atoms with Gasteiger partial charge in [-0.2, -0.15) is 0 Å². The lowest BCUT2D eigenvalue weighted by Gasteiger charge is -2.18. The number of nitrogens with one attached hydrogen (secondary N) is 1. The molecular weight excluding hydrogens is 214 g/mol. The third-order valence-corrected chi connectivity index (χ3v) is 2.94. The largest absolute Gasteiger partial charge is 0.312 e. The smallest absolute Gasteiger partial charge is 0.135 e. The molecule has 90 valence electrons. The Hall–Kier alpha value is -1.55. The van der Waals surface area contributed by atoms with E-state index < -0.39 is 0 Å². The standard InChI is InChI=1S/C13H17N3O/c1-9-3-4-14-7-12(9)13-8-15-11(6-16-13)5-10(2)17/h6,8,14H,3-5,7H2,1-2H3. The van der Waals surface area contributed by atoms with E-state index in [2.05, 4.69) is 22.2 Å². The topological polar surface area (TPSA) is 54.9 Å². The average Bonchev–Trinajstić information content (AvgIpc) is 2.30. The van der Waals surface area contributed by atoms with Gasteiger partial charge in [-0.25, -0.2) is 0 Å². The van der Waals surface area contributed by atoms with Gasteiger partial charge in [0.1, 0.15) is 5.78 Å². The zero-order valence-corrected chi connectivity index (χ0v) is 10.3. The molecule has 0 saturated carbocycles. The van der Waals surface area contributed by atoms with Gasteiger partial charge in [0.15, 0.2) is 0 Å². The van der Waals surface area contributed by atoms with E-state index in [0.29, 0.717) is 6.42 Å². The fourth-order valence-corrected chi connectivity index (χ4v) is 1.96. The Morgan fingerprint density at radius 1 is 1.41 bits per heavy atom. The predicted octanol–water partition coefficient (Wildman–Crippen LogP) is 1.37. The Kier molecular flexibility index (Phi) is 3.64. The van der Waals surface area contributed by atoms with E-state index >= 15 is 0 Å². The van der Waals surface area contributed by atoms with Gasteiger partial charge in [-0.1, -0.05) is 5.57 Å². The molecule has 0 spiro atoms. The molecule has 4 heteroatoms. The van der Waals surface area contributed by atoms with Crippen LogP contribution < -0.4 is 5.32 Å². The van der Waals surface area contributed by atoms with Crippen LogP contribution >= 0.6 is 0 Å². The molecular formula is C13H17N3O. The van der Waals surface area contributed by atoms with Gasteiger partial charge in [0, 0.05) is 19.2 Å². The minimum absolute atomic E-state index is 0.113. The fourth-order valence-electron chi connectivity index (χ4n) is 1.96. The maximum Gasteiger partial charge on any atom is 0.135 e. The molecule has 17 heavy (non-hydrogen) atoms. The molecule has 1 aromatic heterocycles. The number of hydrogen-bond acceptors (Lipinski definition) is 4. The molecule has 1 N–H and O–H groups in total. The Morgan fingerprint density at radius 2 is 2.24 bits per heavy atom. The summed E-state index contributed by atoms with van der Waals surface area (Å²) in [6, 6.07) is 0. The molecule has 0 bridgehead atoms. The zero-order chi connectivity index (χ0) is 12.3. The van der Waals surface area contributed by atoms with Crippen LogP contribution in [0.3, 0.4) is 0 Å². The van der Waals surface area contributed by atoms with E-state index in [-0.39, 0.29) is 5.78 Å². The van der Waals surface area contributed by atoms with Crippen molar-refractivity contribution in [2.75, 3.05) is 13.1 Å². The Bertz CT molecular complexity index is 448. The summed E-state index contributed by atoms with van der Waals surface area (Å²) in [7, 11) is 0. The molecule has 1 aliphatic heterocycles. The average molecular weight is 231 g/mol. The van der Waals surface area contributed by atoms with Crippen LogP contribution in [0.4, 0.5) is 0 Å². The summed E-state index contributed by atoms with van der Waals surface area (Å²) in [4.78, 5) is 19.6. The van der Waals surface area contributed by atoms with E-state index in [9.17, 15) is 4.79 Å². The zero-order valence-electron chi connectivity index (χ0n) is 10.3. The third kappa shape index (κ3) is 2.97. The molecule has 0 amide bonds. The first-order chi connectivity index (χ1) is 8.16. The first kappa shape index (κ1) is 11.9. The van der Waals surface area contributed by atoms with Gasteiger partial charge < -0.3 is 5.32 Å². The summed E-state index contributed by atoms with van der Waals surface area (Å²) < 4.78 is 0. The Morgan fingerprint density at radius 3 is 2.82 bits per heavy atom. The molecule has 0 saturated heterocycles. The van der Waals surface area contributed by atoms with Gasteiger partial charge in [-0.15, -0.1) is 0 Å². The molecule has 2 heterocycles. The van der Waals surface area contributed by atoms with Crippen molar-refractivity contribution in [3.8, 4) is 0 Å². The van der Waals surface area contributed by atoms with Crippen LogP contribution in [-0.4, -0.2) is 28.8 Å². The van der Waals surface area contributed by atoms with Crippen LogP contribution in [0.25, 0.3) is 5.57 Å². The number of aromatic nitrogens is 2. The monoisotopic (exact) mass is 231 g/mol. The van der Waals surface area contributed by atoms with Gasteiger partial charge >= 0.3 is 0 Å². The van der Waals surface area contributed by atoms with Crippen molar-refractivity contribution >= 4 is 11.4 Å². The first-order valence-electron chi connectivity index (χ1n) is 5.87. The minimum atomic E-state index is 0.113. The molecule has 0 unspecified atom stereocenters. The molecule has 1 aromatic rings. The van der Waals surface area contributed by atoms with Crippen LogP contribution in [0.2, 0.25) is 0 Å². The van der Waals surface area contributed by atoms with Gasteiger partial charge in [-0.3, -0.25) is 14.8 Å². The fraction of sp³-hybridized carbons (Fsp3) is 0.462. The number of rotatable bonds is 3. The lowest BCUT2D eigenvalue weighted by atomic mass is 10.0. The summed E-state index contributed by atoms with van der Waals surface area (Å²) in [6.45, 7) is 5.59. The summed E-state index contributed by atoms with van der Waals surface area (Å²) in [5, 5.41) is 3.33. The summed E-state index contributed by atoms with van der Waals surface area (Å²) in [5.74, 6) is 0.113. The second-order valence-electron chi connectivity index (χ2n) is 4.46. The SMILES string of the molecule is CC(=O)Cc1cnc(C2=C(C)CCNC2)cn1. The maximum atomic E-state index is 11.0. The third-order valence-electron chi connectivity index (χ3n) is 2.94. The van der Waals surface area contributed by atoms with E-state index in [1.54, 1.807) is 19.3 Å². The van der Waals surface area contributed by atoms with E-state index in [1.807, 2.05) is 0 Å².